The average molecular weight is 220 g/mol. The van der Waals surface area contributed by atoms with Crippen molar-refractivity contribution in [2.45, 2.75) is 5.03 Å². The van der Waals surface area contributed by atoms with Gasteiger partial charge in [-0.05, 0) is 12.1 Å². The maximum Gasteiger partial charge on any atom is 0.218 e. The molecule has 1 aromatic carbocycles. The summed E-state index contributed by atoms with van der Waals surface area (Å²) in [7, 11) is -3.50. The van der Waals surface area contributed by atoms with Crippen LogP contribution in [0, 0.1) is 0 Å². The summed E-state index contributed by atoms with van der Waals surface area (Å²) in [6.45, 7) is 3.23. The van der Waals surface area contributed by atoms with Crippen LogP contribution in [0.1, 0.15) is 0 Å². The molecule has 0 amide bonds. The molecule has 4 nitrogen and oxygen atoms in total. The second kappa shape index (κ2) is 3.43. The Morgan fingerprint density at radius 1 is 1.20 bits per heavy atom. The highest BCUT2D eigenvalue weighted by atomic mass is 32.2. The number of fused-ring (bicyclic) bond motifs is 1. The van der Waals surface area contributed by atoms with Crippen molar-refractivity contribution in [2.24, 2.45) is 0 Å². The van der Waals surface area contributed by atoms with E-state index in [4.69, 9.17) is 0 Å². The Labute approximate surface area is 87.2 Å². The van der Waals surface area contributed by atoms with Crippen molar-refractivity contribution >= 4 is 20.9 Å². The number of hydrogen-bond acceptors (Lipinski definition) is 4. The molecule has 0 aliphatic carbocycles. The predicted molar refractivity (Wildman–Crippen MR) is 56.9 cm³/mol. The van der Waals surface area contributed by atoms with Gasteiger partial charge in [0, 0.05) is 5.41 Å². The lowest BCUT2D eigenvalue weighted by Crippen LogP contribution is -2.00. The highest BCUT2D eigenvalue weighted by Gasteiger charge is 2.12. The summed E-state index contributed by atoms with van der Waals surface area (Å²) in [6, 6.07) is 7.08. The minimum atomic E-state index is -3.50. The van der Waals surface area contributed by atoms with Gasteiger partial charge in [-0.25, -0.2) is 13.4 Å². The first kappa shape index (κ1) is 9.79. The Morgan fingerprint density at radius 3 is 2.53 bits per heavy atom. The molecule has 2 rings (SSSR count). The van der Waals surface area contributed by atoms with Crippen molar-refractivity contribution in [3.05, 3.63) is 42.4 Å². The van der Waals surface area contributed by atoms with Gasteiger partial charge in [0.1, 0.15) is 0 Å². The third-order valence-electron chi connectivity index (χ3n) is 1.94. The van der Waals surface area contributed by atoms with Crippen LogP contribution in [0.4, 0.5) is 0 Å². The highest BCUT2D eigenvalue weighted by Crippen LogP contribution is 2.13. The Morgan fingerprint density at radius 2 is 1.87 bits per heavy atom. The molecule has 0 saturated carbocycles. The van der Waals surface area contributed by atoms with Crippen molar-refractivity contribution in [1.29, 1.82) is 0 Å². The zero-order valence-electron chi connectivity index (χ0n) is 7.79. The van der Waals surface area contributed by atoms with Crippen molar-refractivity contribution in [3.8, 4) is 0 Å². The molecular weight excluding hydrogens is 212 g/mol. The zero-order valence-corrected chi connectivity index (χ0v) is 8.61. The number of hydrogen-bond donors (Lipinski definition) is 0. The molecule has 0 fully saturated rings. The number of rotatable bonds is 2. The van der Waals surface area contributed by atoms with Gasteiger partial charge < -0.3 is 0 Å². The van der Waals surface area contributed by atoms with E-state index in [1.807, 2.05) is 6.07 Å². The number of aromatic nitrogens is 2. The van der Waals surface area contributed by atoms with Crippen LogP contribution in [-0.2, 0) is 9.84 Å². The Balaban J connectivity index is 2.72. The van der Waals surface area contributed by atoms with Gasteiger partial charge in [0.2, 0.25) is 9.84 Å². The molecule has 15 heavy (non-hydrogen) atoms. The largest absolute Gasteiger partial charge is 0.252 e. The smallest absolute Gasteiger partial charge is 0.218 e. The van der Waals surface area contributed by atoms with Crippen molar-refractivity contribution in [3.63, 3.8) is 0 Å². The van der Waals surface area contributed by atoms with Crippen LogP contribution in [0.3, 0.4) is 0 Å². The van der Waals surface area contributed by atoms with Gasteiger partial charge in [-0.2, -0.15) is 0 Å². The molecule has 0 atom stereocenters. The molecule has 1 aromatic heterocycles. The lowest BCUT2D eigenvalue weighted by Gasteiger charge is -1.99. The van der Waals surface area contributed by atoms with E-state index in [0.717, 1.165) is 5.41 Å². The van der Waals surface area contributed by atoms with Gasteiger partial charge in [-0.3, -0.25) is 4.98 Å². The van der Waals surface area contributed by atoms with E-state index in [1.54, 1.807) is 18.2 Å². The van der Waals surface area contributed by atoms with E-state index in [2.05, 4.69) is 16.5 Å². The Bertz CT molecular complexity index is 620. The van der Waals surface area contributed by atoms with E-state index >= 15 is 0 Å². The quantitative estimate of drug-likeness (QED) is 0.770. The number of para-hydroxylation sites is 2. The minimum absolute atomic E-state index is 0.0730. The Hall–Kier alpha value is -1.75. The van der Waals surface area contributed by atoms with Crippen LogP contribution in [0.25, 0.3) is 11.0 Å². The molecule has 0 radical (unpaired) electrons. The number of benzene rings is 1. The van der Waals surface area contributed by atoms with Crippen LogP contribution in [-0.4, -0.2) is 18.4 Å². The van der Waals surface area contributed by atoms with Crippen LogP contribution < -0.4 is 0 Å². The van der Waals surface area contributed by atoms with E-state index < -0.39 is 9.84 Å². The summed E-state index contributed by atoms with van der Waals surface area (Å²) in [6.07, 6.45) is 1.24. The molecule has 1 heterocycles. The van der Waals surface area contributed by atoms with Crippen LogP contribution >= 0.6 is 0 Å². The zero-order chi connectivity index (χ0) is 10.9. The van der Waals surface area contributed by atoms with E-state index in [1.165, 1.54) is 6.20 Å². The van der Waals surface area contributed by atoms with Crippen LogP contribution in [0.15, 0.2) is 47.5 Å². The molecule has 76 valence electrons. The molecule has 0 saturated heterocycles. The first-order valence-corrected chi connectivity index (χ1v) is 5.77. The summed E-state index contributed by atoms with van der Waals surface area (Å²) in [4.78, 5) is 8.00. The lowest BCUT2D eigenvalue weighted by atomic mass is 10.3. The maximum absolute atomic E-state index is 11.4. The fraction of sp³-hybridized carbons (Fsp3) is 0. The van der Waals surface area contributed by atoms with E-state index in [9.17, 15) is 8.42 Å². The molecular formula is C10H8N2O2S. The third kappa shape index (κ3) is 1.73. The van der Waals surface area contributed by atoms with E-state index in [0.29, 0.717) is 11.0 Å². The highest BCUT2D eigenvalue weighted by molar-refractivity contribution is 7.94. The minimum Gasteiger partial charge on any atom is -0.252 e. The summed E-state index contributed by atoms with van der Waals surface area (Å²) in [5.74, 6) is 0. The molecule has 0 spiro atoms. The number of nitrogens with zero attached hydrogens (tertiary/aromatic N) is 2. The van der Waals surface area contributed by atoms with E-state index in [-0.39, 0.29) is 5.03 Å². The van der Waals surface area contributed by atoms with Crippen molar-refractivity contribution in [2.75, 3.05) is 0 Å². The summed E-state index contributed by atoms with van der Waals surface area (Å²) in [5, 5.41) is 0.794. The Kier molecular flexibility index (Phi) is 2.24. The molecule has 0 aliphatic rings. The van der Waals surface area contributed by atoms with Crippen LogP contribution in [0.5, 0.6) is 0 Å². The van der Waals surface area contributed by atoms with Gasteiger partial charge in [0.05, 0.1) is 17.2 Å². The molecule has 2 aromatic rings. The fourth-order valence-electron chi connectivity index (χ4n) is 1.16. The third-order valence-corrected chi connectivity index (χ3v) is 3.16. The topological polar surface area (TPSA) is 59.9 Å². The van der Waals surface area contributed by atoms with Gasteiger partial charge in [-0.15, -0.1) is 0 Å². The second-order valence-electron chi connectivity index (χ2n) is 2.91. The SMILES string of the molecule is C=CS(=O)(=O)c1cnc2ccccc2n1. The van der Waals surface area contributed by atoms with Gasteiger partial charge in [0.25, 0.3) is 0 Å². The fourth-order valence-corrected chi connectivity index (χ4v) is 1.76. The molecule has 0 aliphatic heterocycles. The monoisotopic (exact) mass is 220 g/mol. The molecule has 0 unspecified atom stereocenters. The first-order chi connectivity index (χ1) is 7.13. The lowest BCUT2D eigenvalue weighted by molar-refractivity contribution is 0.601. The molecule has 0 bridgehead atoms. The predicted octanol–water partition coefficient (Wildman–Crippen LogP) is 1.55. The maximum atomic E-state index is 11.4. The molecule has 5 heteroatoms. The van der Waals surface area contributed by atoms with Gasteiger partial charge in [-0.1, -0.05) is 18.7 Å². The summed E-state index contributed by atoms with van der Waals surface area (Å²) < 4.78 is 22.8. The average Bonchev–Trinajstić information content (AvgIpc) is 2.28. The number of sulfone groups is 1. The molecule has 0 N–H and O–H groups in total. The normalized spacial score (nSPS) is 11.5. The first-order valence-electron chi connectivity index (χ1n) is 4.23. The summed E-state index contributed by atoms with van der Waals surface area (Å²) >= 11 is 0. The van der Waals surface area contributed by atoms with Gasteiger partial charge >= 0.3 is 0 Å². The standard InChI is InChI=1S/C10H8N2O2S/c1-2-15(13,14)10-7-11-8-5-3-4-6-9(8)12-10/h2-7H,1H2. The van der Waals surface area contributed by atoms with Crippen molar-refractivity contribution < 1.29 is 8.42 Å². The van der Waals surface area contributed by atoms with Gasteiger partial charge in [0.15, 0.2) is 5.03 Å². The summed E-state index contributed by atoms with van der Waals surface area (Å²) in [5.41, 5.74) is 1.22. The second-order valence-corrected chi connectivity index (χ2v) is 4.75. The van der Waals surface area contributed by atoms with Crippen molar-refractivity contribution in [1.82, 2.24) is 9.97 Å². The van der Waals surface area contributed by atoms with Crippen LogP contribution in [0.2, 0.25) is 0 Å².